The molecule has 1 unspecified atom stereocenters. The summed E-state index contributed by atoms with van der Waals surface area (Å²) in [5.41, 5.74) is 4.23. The first-order valence-electron chi connectivity index (χ1n) is 8.63. The molecular formula is C23H22O2. The molecule has 0 aliphatic rings. The van der Waals surface area contributed by atoms with Crippen LogP contribution in [-0.4, -0.2) is 5.97 Å². The van der Waals surface area contributed by atoms with Crippen LogP contribution in [0.1, 0.15) is 46.8 Å². The number of rotatable bonds is 5. The minimum atomic E-state index is -0.327. The van der Waals surface area contributed by atoms with Gasteiger partial charge in [0.15, 0.2) is 0 Å². The molecule has 0 aromatic heterocycles. The van der Waals surface area contributed by atoms with Gasteiger partial charge in [-0.2, -0.15) is 0 Å². The first kappa shape index (κ1) is 17.0. The summed E-state index contributed by atoms with van der Waals surface area (Å²) in [6, 6.07) is 25.6. The lowest BCUT2D eigenvalue weighted by atomic mass is 9.93. The third kappa shape index (κ3) is 4.16. The van der Waals surface area contributed by atoms with Gasteiger partial charge in [-0.25, -0.2) is 4.79 Å². The first-order chi connectivity index (χ1) is 12.2. The Morgan fingerprint density at radius 3 is 2.04 bits per heavy atom. The van der Waals surface area contributed by atoms with Crippen molar-refractivity contribution in [2.24, 2.45) is 0 Å². The highest BCUT2D eigenvalue weighted by molar-refractivity contribution is 5.91. The van der Waals surface area contributed by atoms with Crippen molar-refractivity contribution in [2.75, 3.05) is 0 Å². The summed E-state index contributed by atoms with van der Waals surface area (Å²) < 4.78 is 5.48. The average Bonchev–Trinajstić information content (AvgIpc) is 2.68. The standard InChI is InChI=1S/C23H22O2/c1-3-18-9-11-21(12-10-18)23(24)25-22-15-13-20(14-16-22)17(2)19-7-5-4-6-8-19/h4-17H,3H2,1-2H3. The molecule has 0 saturated carbocycles. The summed E-state index contributed by atoms with van der Waals surface area (Å²) in [4.78, 5) is 12.2. The van der Waals surface area contributed by atoms with Gasteiger partial charge in [0.05, 0.1) is 5.56 Å². The number of hydrogen-bond donors (Lipinski definition) is 0. The molecule has 1 atom stereocenters. The van der Waals surface area contributed by atoms with Gasteiger partial charge in [0.1, 0.15) is 5.75 Å². The quantitative estimate of drug-likeness (QED) is 0.448. The largest absolute Gasteiger partial charge is 0.423 e. The fraction of sp³-hybridized carbons (Fsp3) is 0.174. The van der Waals surface area contributed by atoms with Crippen molar-refractivity contribution < 1.29 is 9.53 Å². The van der Waals surface area contributed by atoms with Gasteiger partial charge in [-0.1, -0.05) is 68.4 Å². The van der Waals surface area contributed by atoms with Crippen LogP contribution in [0.25, 0.3) is 0 Å². The van der Waals surface area contributed by atoms with Gasteiger partial charge in [0.25, 0.3) is 0 Å². The van der Waals surface area contributed by atoms with Crippen LogP contribution in [0.5, 0.6) is 5.75 Å². The fourth-order valence-corrected chi connectivity index (χ4v) is 2.80. The van der Waals surface area contributed by atoms with Crippen molar-refractivity contribution >= 4 is 5.97 Å². The SMILES string of the molecule is CCc1ccc(C(=O)Oc2ccc(C(C)c3ccccc3)cc2)cc1. The Morgan fingerprint density at radius 2 is 1.44 bits per heavy atom. The lowest BCUT2D eigenvalue weighted by Gasteiger charge is -2.13. The Hall–Kier alpha value is -2.87. The van der Waals surface area contributed by atoms with E-state index in [4.69, 9.17) is 4.74 Å². The minimum Gasteiger partial charge on any atom is -0.423 e. The number of carbonyl (C=O) groups excluding carboxylic acids is 1. The maximum atomic E-state index is 12.2. The number of aryl methyl sites for hydroxylation is 1. The van der Waals surface area contributed by atoms with Gasteiger partial charge < -0.3 is 4.74 Å². The van der Waals surface area contributed by atoms with E-state index in [9.17, 15) is 4.79 Å². The van der Waals surface area contributed by atoms with E-state index in [1.54, 1.807) is 0 Å². The minimum absolute atomic E-state index is 0.299. The molecular weight excluding hydrogens is 308 g/mol. The summed E-state index contributed by atoms with van der Waals surface area (Å²) >= 11 is 0. The Morgan fingerprint density at radius 1 is 0.840 bits per heavy atom. The van der Waals surface area contributed by atoms with Crippen molar-refractivity contribution in [3.8, 4) is 5.75 Å². The second kappa shape index (κ2) is 7.80. The van der Waals surface area contributed by atoms with Gasteiger partial charge in [-0.3, -0.25) is 0 Å². The summed E-state index contributed by atoms with van der Waals surface area (Å²) in [7, 11) is 0. The summed E-state index contributed by atoms with van der Waals surface area (Å²) in [5, 5.41) is 0. The van der Waals surface area contributed by atoms with Gasteiger partial charge in [-0.15, -0.1) is 0 Å². The van der Waals surface area contributed by atoms with Crippen LogP contribution in [0.4, 0.5) is 0 Å². The molecule has 2 heteroatoms. The average molecular weight is 330 g/mol. The van der Waals surface area contributed by atoms with E-state index >= 15 is 0 Å². The molecule has 0 N–H and O–H groups in total. The predicted octanol–water partition coefficient (Wildman–Crippen LogP) is 5.62. The third-order valence-electron chi connectivity index (χ3n) is 4.49. The maximum absolute atomic E-state index is 12.2. The normalized spacial score (nSPS) is 11.8. The van der Waals surface area contributed by atoms with Crippen LogP contribution in [0, 0.1) is 0 Å². The van der Waals surface area contributed by atoms with E-state index in [1.807, 2.05) is 66.7 Å². The van der Waals surface area contributed by atoms with E-state index in [0.717, 1.165) is 6.42 Å². The molecule has 3 aromatic rings. The smallest absolute Gasteiger partial charge is 0.343 e. The summed E-state index contributed by atoms with van der Waals surface area (Å²) in [6.07, 6.45) is 0.955. The van der Waals surface area contributed by atoms with Crippen molar-refractivity contribution in [1.82, 2.24) is 0 Å². The second-order valence-corrected chi connectivity index (χ2v) is 6.14. The highest BCUT2D eigenvalue weighted by atomic mass is 16.5. The Bertz CT molecular complexity index is 818. The van der Waals surface area contributed by atoms with E-state index in [0.29, 0.717) is 17.2 Å². The third-order valence-corrected chi connectivity index (χ3v) is 4.49. The molecule has 3 rings (SSSR count). The Balaban J connectivity index is 1.68. The van der Waals surface area contributed by atoms with Crippen molar-refractivity contribution in [2.45, 2.75) is 26.2 Å². The number of hydrogen-bond acceptors (Lipinski definition) is 2. The lowest BCUT2D eigenvalue weighted by Crippen LogP contribution is -2.08. The molecule has 3 aromatic carbocycles. The molecule has 0 saturated heterocycles. The van der Waals surface area contributed by atoms with Crippen molar-refractivity contribution in [3.05, 3.63) is 101 Å². The Kier molecular flexibility index (Phi) is 5.30. The van der Waals surface area contributed by atoms with Crippen LogP contribution in [0.3, 0.4) is 0 Å². The molecule has 0 heterocycles. The molecule has 0 bridgehead atoms. The van der Waals surface area contributed by atoms with Gasteiger partial charge in [-0.05, 0) is 47.4 Å². The highest BCUT2D eigenvalue weighted by Crippen LogP contribution is 2.25. The molecule has 0 fully saturated rings. The van der Waals surface area contributed by atoms with Gasteiger partial charge in [0, 0.05) is 5.92 Å². The zero-order chi connectivity index (χ0) is 17.6. The first-order valence-corrected chi connectivity index (χ1v) is 8.63. The van der Waals surface area contributed by atoms with Crippen molar-refractivity contribution in [1.29, 1.82) is 0 Å². The molecule has 25 heavy (non-hydrogen) atoms. The Labute approximate surface area is 149 Å². The zero-order valence-corrected chi connectivity index (χ0v) is 14.6. The fourth-order valence-electron chi connectivity index (χ4n) is 2.80. The van der Waals surface area contributed by atoms with Gasteiger partial charge in [0.2, 0.25) is 0 Å². The molecule has 0 radical (unpaired) electrons. The van der Waals surface area contributed by atoms with Crippen LogP contribution in [0.2, 0.25) is 0 Å². The molecule has 0 aliphatic carbocycles. The van der Waals surface area contributed by atoms with E-state index < -0.39 is 0 Å². The second-order valence-electron chi connectivity index (χ2n) is 6.14. The number of esters is 1. The molecule has 0 amide bonds. The van der Waals surface area contributed by atoms with Crippen LogP contribution in [-0.2, 0) is 6.42 Å². The molecule has 0 spiro atoms. The lowest BCUT2D eigenvalue weighted by molar-refractivity contribution is 0.0734. The van der Waals surface area contributed by atoms with E-state index in [2.05, 4.69) is 26.0 Å². The van der Waals surface area contributed by atoms with E-state index in [1.165, 1.54) is 16.7 Å². The van der Waals surface area contributed by atoms with E-state index in [-0.39, 0.29) is 5.97 Å². The number of benzene rings is 3. The van der Waals surface area contributed by atoms with Crippen LogP contribution < -0.4 is 4.74 Å². The van der Waals surface area contributed by atoms with Gasteiger partial charge >= 0.3 is 5.97 Å². The molecule has 0 aliphatic heterocycles. The molecule has 126 valence electrons. The summed E-state index contributed by atoms with van der Waals surface area (Å²) in [5.74, 6) is 0.535. The topological polar surface area (TPSA) is 26.3 Å². The predicted molar refractivity (Wildman–Crippen MR) is 101 cm³/mol. The van der Waals surface area contributed by atoms with Crippen LogP contribution in [0.15, 0.2) is 78.9 Å². The number of ether oxygens (including phenoxy) is 1. The van der Waals surface area contributed by atoms with Crippen LogP contribution >= 0.6 is 0 Å². The maximum Gasteiger partial charge on any atom is 0.343 e. The summed E-state index contributed by atoms with van der Waals surface area (Å²) in [6.45, 7) is 4.26. The molecule has 2 nitrogen and oxygen atoms in total. The monoisotopic (exact) mass is 330 g/mol. The van der Waals surface area contributed by atoms with Crippen molar-refractivity contribution in [3.63, 3.8) is 0 Å². The number of carbonyl (C=O) groups is 1. The zero-order valence-electron chi connectivity index (χ0n) is 14.6. The highest BCUT2D eigenvalue weighted by Gasteiger charge is 2.11.